The maximum atomic E-state index is 13.0. The predicted octanol–water partition coefficient (Wildman–Crippen LogP) is 2.35. The van der Waals surface area contributed by atoms with Gasteiger partial charge in [-0.1, -0.05) is 0 Å². The van der Waals surface area contributed by atoms with Crippen molar-refractivity contribution in [1.82, 2.24) is 4.98 Å². The molecule has 0 amide bonds. The fourth-order valence-corrected chi connectivity index (χ4v) is 1.29. The Balaban J connectivity index is 3.08. The molecular formula is C10H9F4NO2. The van der Waals surface area contributed by atoms with Crippen molar-refractivity contribution in [3.63, 3.8) is 0 Å². The molecule has 0 unspecified atom stereocenters. The van der Waals surface area contributed by atoms with E-state index >= 15 is 0 Å². The van der Waals surface area contributed by atoms with Gasteiger partial charge in [-0.25, -0.2) is 4.98 Å². The van der Waals surface area contributed by atoms with Crippen molar-refractivity contribution in [2.24, 2.45) is 0 Å². The van der Waals surface area contributed by atoms with Crippen LogP contribution in [-0.2, 0) is 22.1 Å². The largest absolute Gasteiger partial charge is 0.466 e. The first-order chi connectivity index (χ1) is 7.86. The number of hydrogen-bond acceptors (Lipinski definition) is 3. The number of halogens is 4. The number of esters is 1. The lowest BCUT2D eigenvalue weighted by Gasteiger charge is -2.12. The summed E-state index contributed by atoms with van der Waals surface area (Å²) >= 11 is 0. The summed E-state index contributed by atoms with van der Waals surface area (Å²) in [5, 5.41) is 0. The zero-order chi connectivity index (χ0) is 13.1. The van der Waals surface area contributed by atoms with Crippen LogP contribution in [0.1, 0.15) is 18.1 Å². The van der Waals surface area contributed by atoms with Crippen molar-refractivity contribution >= 4 is 5.97 Å². The lowest BCUT2D eigenvalue weighted by Crippen LogP contribution is -2.17. The Kier molecular flexibility index (Phi) is 4.03. The van der Waals surface area contributed by atoms with Crippen LogP contribution in [0.5, 0.6) is 0 Å². The maximum Gasteiger partial charge on any atom is 0.421 e. The van der Waals surface area contributed by atoms with Gasteiger partial charge in [0.25, 0.3) is 0 Å². The molecule has 0 aliphatic carbocycles. The zero-order valence-electron chi connectivity index (χ0n) is 8.84. The molecule has 0 atom stereocenters. The molecule has 0 radical (unpaired) electrons. The molecule has 7 heteroatoms. The zero-order valence-corrected chi connectivity index (χ0v) is 8.84. The number of pyridine rings is 1. The molecule has 0 fully saturated rings. The fourth-order valence-electron chi connectivity index (χ4n) is 1.29. The molecule has 0 aromatic carbocycles. The van der Waals surface area contributed by atoms with Gasteiger partial charge < -0.3 is 4.74 Å². The van der Waals surface area contributed by atoms with Crippen molar-refractivity contribution in [2.45, 2.75) is 19.5 Å². The fraction of sp³-hybridized carbons (Fsp3) is 0.400. The van der Waals surface area contributed by atoms with E-state index in [2.05, 4.69) is 9.72 Å². The molecule has 1 aromatic heterocycles. The Bertz CT molecular complexity index is 417. The standard InChI is InChI=1S/C10H9F4NO2/c1-2-17-7(16)5-6-3-4-15-9(11)8(6)10(12,13)14/h3-4H,2,5H2,1H3. The molecule has 1 aromatic rings. The Labute approximate surface area is 94.4 Å². The van der Waals surface area contributed by atoms with Gasteiger partial charge in [0.15, 0.2) is 0 Å². The number of aromatic nitrogens is 1. The van der Waals surface area contributed by atoms with Crippen molar-refractivity contribution in [3.05, 3.63) is 29.3 Å². The minimum atomic E-state index is -4.89. The van der Waals surface area contributed by atoms with Crippen LogP contribution in [0.25, 0.3) is 0 Å². The van der Waals surface area contributed by atoms with E-state index in [1.165, 1.54) is 6.92 Å². The first-order valence-corrected chi connectivity index (χ1v) is 4.72. The highest BCUT2D eigenvalue weighted by Gasteiger charge is 2.38. The van der Waals surface area contributed by atoms with E-state index in [1.807, 2.05) is 0 Å². The number of rotatable bonds is 3. The van der Waals surface area contributed by atoms with Gasteiger partial charge in [0.2, 0.25) is 5.95 Å². The second-order valence-corrected chi connectivity index (χ2v) is 3.12. The Morgan fingerprint density at radius 1 is 1.47 bits per heavy atom. The first-order valence-electron chi connectivity index (χ1n) is 4.72. The van der Waals surface area contributed by atoms with Gasteiger partial charge in [0.1, 0.15) is 5.56 Å². The summed E-state index contributed by atoms with van der Waals surface area (Å²) in [7, 11) is 0. The van der Waals surface area contributed by atoms with Crippen molar-refractivity contribution in [2.75, 3.05) is 6.61 Å². The van der Waals surface area contributed by atoms with Crippen LogP contribution in [0.2, 0.25) is 0 Å². The molecule has 1 rings (SSSR count). The van der Waals surface area contributed by atoms with E-state index in [9.17, 15) is 22.4 Å². The maximum absolute atomic E-state index is 13.0. The normalized spacial score (nSPS) is 11.4. The molecule has 0 saturated carbocycles. The highest BCUT2D eigenvalue weighted by atomic mass is 19.4. The number of alkyl halides is 3. The van der Waals surface area contributed by atoms with Crippen molar-refractivity contribution in [3.8, 4) is 0 Å². The predicted molar refractivity (Wildman–Crippen MR) is 49.5 cm³/mol. The van der Waals surface area contributed by atoms with Gasteiger partial charge >= 0.3 is 12.1 Å². The van der Waals surface area contributed by atoms with E-state index < -0.39 is 35.6 Å². The van der Waals surface area contributed by atoms with Gasteiger partial charge in [0, 0.05) is 6.20 Å². The Hall–Kier alpha value is -1.66. The van der Waals surface area contributed by atoms with Crippen LogP contribution in [0.4, 0.5) is 17.6 Å². The number of carbonyl (C=O) groups is 1. The van der Waals surface area contributed by atoms with Crippen LogP contribution < -0.4 is 0 Å². The second kappa shape index (κ2) is 5.11. The lowest BCUT2D eigenvalue weighted by molar-refractivity contribution is -0.144. The van der Waals surface area contributed by atoms with Gasteiger partial charge in [-0.15, -0.1) is 0 Å². The average molecular weight is 251 g/mol. The third kappa shape index (κ3) is 3.40. The topological polar surface area (TPSA) is 39.2 Å². The highest BCUT2D eigenvalue weighted by molar-refractivity contribution is 5.73. The Morgan fingerprint density at radius 3 is 2.65 bits per heavy atom. The molecule has 0 N–H and O–H groups in total. The molecule has 0 saturated heterocycles. The Morgan fingerprint density at radius 2 is 2.12 bits per heavy atom. The lowest BCUT2D eigenvalue weighted by atomic mass is 10.1. The van der Waals surface area contributed by atoms with E-state index in [4.69, 9.17) is 0 Å². The van der Waals surface area contributed by atoms with Crippen LogP contribution in [0.3, 0.4) is 0 Å². The molecule has 0 aliphatic heterocycles. The summed E-state index contributed by atoms with van der Waals surface area (Å²) < 4.78 is 55.0. The monoisotopic (exact) mass is 251 g/mol. The first kappa shape index (κ1) is 13.4. The molecule has 17 heavy (non-hydrogen) atoms. The van der Waals surface area contributed by atoms with Crippen molar-refractivity contribution < 1.29 is 27.1 Å². The average Bonchev–Trinajstić information content (AvgIpc) is 2.15. The van der Waals surface area contributed by atoms with Crippen LogP contribution >= 0.6 is 0 Å². The van der Waals surface area contributed by atoms with Gasteiger partial charge in [-0.05, 0) is 18.6 Å². The number of carbonyl (C=O) groups excluding carboxylic acids is 1. The van der Waals surface area contributed by atoms with Crippen molar-refractivity contribution in [1.29, 1.82) is 0 Å². The van der Waals surface area contributed by atoms with Gasteiger partial charge in [0.05, 0.1) is 13.0 Å². The summed E-state index contributed by atoms with van der Waals surface area (Å²) in [6.07, 6.45) is -4.65. The van der Waals surface area contributed by atoms with E-state index in [0.29, 0.717) is 0 Å². The number of nitrogens with zero attached hydrogens (tertiary/aromatic N) is 1. The third-order valence-electron chi connectivity index (χ3n) is 1.91. The molecule has 0 spiro atoms. The number of hydrogen-bond donors (Lipinski definition) is 0. The van der Waals surface area contributed by atoms with Crippen LogP contribution in [0, 0.1) is 5.95 Å². The van der Waals surface area contributed by atoms with Gasteiger partial charge in [-0.3, -0.25) is 4.79 Å². The molecule has 1 heterocycles. The SMILES string of the molecule is CCOC(=O)Cc1ccnc(F)c1C(F)(F)F. The van der Waals surface area contributed by atoms with E-state index in [0.717, 1.165) is 12.3 Å². The molecule has 3 nitrogen and oxygen atoms in total. The highest BCUT2D eigenvalue weighted by Crippen LogP contribution is 2.33. The molecular weight excluding hydrogens is 242 g/mol. The summed E-state index contributed by atoms with van der Waals surface area (Å²) in [6.45, 7) is 1.57. The molecule has 94 valence electrons. The van der Waals surface area contributed by atoms with Gasteiger partial charge in [-0.2, -0.15) is 17.6 Å². The quantitative estimate of drug-likeness (QED) is 0.470. The van der Waals surface area contributed by atoms with E-state index in [-0.39, 0.29) is 6.61 Å². The second-order valence-electron chi connectivity index (χ2n) is 3.12. The molecule has 0 aliphatic rings. The van der Waals surface area contributed by atoms with Crippen LogP contribution in [0.15, 0.2) is 12.3 Å². The van der Waals surface area contributed by atoms with Crippen LogP contribution in [-0.4, -0.2) is 17.6 Å². The number of ether oxygens (including phenoxy) is 1. The summed E-state index contributed by atoms with van der Waals surface area (Å²) in [6, 6.07) is 0.947. The summed E-state index contributed by atoms with van der Waals surface area (Å²) in [5.41, 5.74) is -2.00. The van der Waals surface area contributed by atoms with E-state index in [1.54, 1.807) is 0 Å². The summed E-state index contributed by atoms with van der Waals surface area (Å²) in [4.78, 5) is 14.0. The smallest absolute Gasteiger partial charge is 0.421 e. The summed E-state index contributed by atoms with van der Waals surface area (Å²) in [5.74, 6) is -2.48. The molecule has 0 bridgehead atoms. The minimum absolute atomic E-state index is 0.0494. The third-order valence-corrected chi connectivity index (χ3v) is 1.91. The minimum Gasteiger partial charge on any atom is -0.466 e.